The van der Waals surface area contributed by atoms with Gasteiger partial charge in [-0.05, 0) is 75.1 Å². The van der Waals surface area contributed by atoms with Gasteiger partial charge in [-0.3, -0.25) is 13.9 Å². The van der Waals surface area contributed by atoms with Crippen LogP contribution in [0.15, 0.2) is 77.3 Å². The molecule has 0 radical (unpaired) electrons. The topological polar surface area (TPSA) is 86.8 Å². The number of benzene rings is 3. The van der Waals surface area contributed by atoms with Gasteiger partial charge in [-0.25, -0.2) is 8.42 Å². The van der Waals surface area contributed by atoms with Crippen molar-refractivity contribution in [1.29, 1.82) is 0 Å². The van der Waals surface area contributed by atoms with E-state index in [9.17, 15) is 18.0 Å². The van der Waals surface area contributed by atoms with E-state index in [0.717, 1.165) is 21.9 Å². The molecule has 0 heterocycles. The van der Waals surface area contributed by atoms with E-state index in [1.54, 1.807) is 30.0 Å². The number of carbonyl (C=O) groups excluding carboxylic acids is 2. The molecule has 7 nitrogen and oxygen atoms in total. The lowest BCUT2D eigenvalue weighted by atomic mass is 10.00. The van der Waals surface area contributed by atoms with Crippen molar-refractivity contribution in [2.45, 2.75) is 65.1 Å². The number of carbonyl (C=O) groups is 2. The molecule has 0 unspecified atom stereocenters. The average molecular weight is 677 g/mol. The van der Waals surface area contributed by atoms with E-state index in [-0.39, 0.29) is 37.7 Å². The molecule has 0 bridgehead atoms. The molecule has 0 aliphatic heterocycles. The van der Waals surface area contributed by atoms with Crippen molar-refractivity contribution in [3.05, 3.63) is 99.0 Å². The maximum Gasteiger partial charge on any atom is 0.243 e. The summed E-state index contributed by atoms with van der Waals surface area (Å²) in [4.78, 5) is 29.3. The van der Waals surface area contributed by atoms with Crippen LogP contribution < -0.4 is 9.62 Å². The van der Waals surface area contributed by atoms with Gasteiger partial charge >= 0.3 is 0 Å². The van der Waals surface area contributed by atoms with Crippen LogP contribution in [-0.2, 0) is 32.6 Å². The van der Waals surface area contributed by atoms with Crippen molar-refractivity contribution in [3.63, 3.8) is 0 Å². The van der Waals surface area contributed by atoms with Crippen molar-refractivity contribution in [1.82, 2.24) is 10.2 Å². The van der Waals surface area contributed by atoms with Crippen LogP contribution in [0.4, 0.5) is 5.69 Å². The summed E-state index contributed by atoms with van der Waals surface area (Å²) in [6.45, 7) is 7.80. The molecule has 0 spiro atoms. The maximum absolute atomic E-state index is 14.0. The van der Waals surface area contributed by atoms with E-state index < -0.39 is 21.6 Å². The van der Waals surface area contributed by atoms with E-state index in [1.165, 1.54) is 4.31 Å². The molecule has 226 valence electrons. The Morgan fingerprint density at radius 1 is 0.952 bits per heavy atom. The van der Waals surface area contributed by atoms with Gasteiger partial charge in [0.25, 0.3) is 0 Å². The Labute approximate surface area is 263 Å². The van der Waals surface area contributed by atoms with Crippen molar-refractivity contribution in [2.75, 3.05) is 17.1 Å². The van der Waals surface area contributed by atoms with E-state index in [0.29, 0.717) is 22.7 Å². The Bertz CT molecular complexity index is 1480. The van der Waals surface area contributed by atoms with Gasteiger partial charge in [-0.15, -0.1) is 0 Å². The van der Waals surface area contributed by atoms with Crippen LogP contribution in [-0.4, -0.2) is 49.5 Å². The zero-order valence-corrected chi connectivity index (χ0v) is 27.9. The zero-order chi connectivity index (χ0) is 31.1. The highest BCUT2D eigenvalue weighted by Crippen LogP contribution is 2.29. The molecule has 1 N–H and O–H groups in total. The van der Waals surface area contributed by atoms with Crippen molar-refractivity contribution < 1.29 is 18.0 Å². The standard InChI is InChI=1S/C32H39BrClN3O4S/c1-23-27(34)13-9-14-28(23)37(42(5,40)41)20-10-15-30(38)36(22-25-16-18-26(33)19-17-25)29(31(39)35-32(2,3)4)21-24-11-7-6-8-12-24/h6-9,11-14,16-19,29H,10,15,20-22H2,1-5H3,(H,35,39)/t29-/m1/s1. The first-order chi connectivity index (χ1) is 19.7. The fraction of sp³-hybridized carbons (Fsp3) is 0.375. The number of halogens is 2. The fourth-order valence-electron chi connectivity index (χ4n) is 4.64. The molecule has 0 saturated carbocycles. The number of hydrogen-bond acceptors (Lipinski definition) is 4. The number of nitrogens with zero attached hydrogens (tertiary/aromatic N) is 2. The first kappa shape index (κ1) is 33.6. The van der Waals surface area contributed by atoms with E-state index in [4.69, 9.17) is 11.6 Å². The predicted octanol–water partition coefficient (Wildman–Crippen LogP) is 6.51. The molecule has 0 fully saturated rings. The molecule has 3 aromatic carbocycles. The second-order valence-corrected chi connectivity index (χ2v) is 14.6. The third kappa shape index (κ3) is 9.85. The monoisotopic (exact) mass is 675 g/mol. The number of anilines is 1. The Kier molecular flexibility index (Phi) is 11.6. The minimum absolute atomic E-state index is 0.0518. The van der Waals surface area contributed by atoms with Gasteiger partial charge in [0.15, 0.2) is 0 Å². The molecule has 2 amide bonds. The Balaban J connectivity index is 1.92. The number of hydrogen-bond donors (Lipinski definition) is 1. The van der Waals surface area contributed by atoms with E-state index >= 15 is 0 Å². The summed E-state index contributed by atoms with van der Waals surface area (Å²) in [6.07, 6.45) is 1.79. The lowest BCUT2D eigenvalue weighted by Crippen LogP contribution is -2.54. The molecule has 3 aromatic rings. The van der Waals surface area contributed by atoms with Gasteiger partial charge in [0.2, 0.25) is 21.8 Å². The predicted molar refractivity (Wildman–Crippen MR) is 174 cm³/mol. The van der Waals surface area contributed by atoms with Gasteiger partial charge in [0.05, 0.1) is 11.9 Å². The molecule has 42 heavy (non-hydrogen) atoms. The van der Waals surface area contributed by atoms with Crippen LogP contribution in [0.3, 0.4) is 0 Å². The van der Waals surface area contributed by atoms with Crippen LogP contribution in [0.2, 0.25) is 5.02 Å². The summed E-state index contributed by atoms with van der Waals surface area (Å²) in [5.74, 6) is -0.483. The SMILES string of the molecule is Cc1c(Cl)cccc1N(CCCC(=O)N(Cc1ccc(Br)cc1)[C@H](Cc1ccccc1)C(=O)NC(C)(C)C)S(C)(=O)=O. The summed E-state index contributed by atoms with van der Waals surface area (Å²) in [7, 11) is -3.64. The summed E-state index contributed by atoms with van der Waals surface area (Å²) in [6, 6.07) is 21.6. The van der Waals surface area contributed by atoms with E-state index in [1.807, 2.05) is 75.4 Å². The van der Waals surface area contributed by atoms with Crippen LogP contribution in [0.25, 0.3) is 0 Å². The second kappa shape index (κ2) is 14.5. The highest BCUT2D eigenvalue weighted by molar-refractivity contribution is 9.10. The lowest BCUT2D eigenvalue weighted by Gasteiger charge is -2.34. The summed E-state index contributed by atoms with van der Waals surface area (Å²) < 4.78 is 27.7. The third-order valence-electron chi connectivity index (χ3n) is 6.70. The van der Waals surface area contributed by atoms with Crippen molar-refractivity contribution in [2.24, 2.45) is 0 Å². The molecular weight excluding hydrogens is 638 g/mol. The smallest absolute Gasteiger partial charge is 0.243 e. The van der Waals surface area contributed by atoms with Gasteiger partial charge in [0.1, 0.15) is 6.04 Å². The van der Waals surface area contributed by atoms with Crippen LogP contribution >= 0.6 is 27.5 Å². The molecular formula is C32H39BrClN3O4S. The average Bonchev–Trinajstić information content (AvgIpc) is 2.90. The van der Waals surface area contributed by atoms with Gasteiger partial charge in [-0.2, -0.15) is 0 Å². The first-order valence-corrected chi connectivity index (χ1v) is 16.8. The summed E-state index contributed by atoms with van der Waals surface area (Å²) >= 11 is 9.73. The van der Waals surface area contributed by atoms with Crippen LogP contribution in [0.5, 0.6) is 0 Å². The minimum Gasteiger partial charge on any atom is -0.350 e. The molecule has 3 rings (SSSR count). The first-order valence-electron chi connectivity index (χ1n) is 13.8. The van der Waals surface area contributed by atoms with Crippen LogP contribution in [0, 0.1) is 6.92 Å². The normalized spacial score (nSPS) is 12.5. The van der Waals surface area contributed by atoms with Crippen LogP contribution in [0.1, 0.15) is 50.3 Å². The minimum atomic E-state index is -3.64. The molecule has 0 aliphatic carbocycles. The summed E-state index contributed by atoms with van der Waals surface area (Å²) in [5.41, 5.74) is 2.44. The fourth-order valence-corrected chi connectivity index (χ4v) is 6.09. The number of amides is 2. The molecule has 10 heteroatoms. The quantitative estimate of drug-likeness (QED) is 0.237. The lowest BCUT2D eigenvalue weighted by molar-refractivity contribution is -0.142. The van der Waals surface area contributed by atoms with Gasteiger partial charge in [0, 0.05) is 41.0 Å². The number of nitrogens with one attached hydrogen (secondary N) is 1. The number of rotatable bonds is 12. The molecule has 0 aromatic heterocycles. The second-order valence-electron chi connectivity index (χ2n) is 11.4. The molecule has 1 atom stereocenters. The maximum atomic E-state index is 14.0. The zero-order valence-electron chi connectivity index (χ0n) is 24.7. The summed E-state index contributed by atoms with van der Waals surface area (Å²) in [5, 5.41) is 3.52. The third-order valence-corrected chi connectivity index (χ3v) is 8.81. The highest BCUT2D eigenvalue weighted by Gasteiger charge is 2.32. The molecule has 0 aliphatic rings. The van der Waals surface area contributed by atoms with Crippen molar-refractivity contribution >= 4 is 55.1 Å². The Morgan fingerprint density at radius 2 is 1.60 bits per heavy atom. The largest absolute Gasteiger partial charge is 0.350 e. The van der Waals surface area contributed by atoms with Gasteiger partial charge < -0.3 is 10.2 Å². The highest BCUT2D eigenvalue weighted by atomic mass is 79.9. The van der Waals surface area contributed by atoms with Gasteiger partial charge in [-0.1, -0.05) is 76.1 Å². The number of sulfonamides is 1. The van der Waals surface area contributed by atoms with E-state index in [2.05, 4.69) is 21.2 Å². The Morgan fingerprint density at radius 3 is 2.19 bits per heavy atom. The Hall–Kier alpha value is -2.88. The van der Waals surface area contributed by atoms with Crippen molar-refractivity contribution in [3.8, 4) is 0 Å². The molecule has 0 saturated heterocycles.